The lowest BCUT2D eigenvalue weighted by Gasteiger charge is -2.16. The number of allylic oxidation sites excluding steroid dienone is 2. The molecule has 0 saturated heterocycles. The van der Waals surface area contributed by atoms with Crippen molar-refractivity contribution in [1.29, 1.82) is 0 Å². The molecule has 60 valence electrons. The molecule has 0 saturated carbocycles. The van der Waals surface area contributed by atoms with E-state index in [1.807, 2.05) is 0 Å². The summed E-state index contributed by atoms with van der Waals surface area (Å²) in [4.78, 5) is 0. The molecule has 0 aromatic carbocycles. The molecule has 0 amide bonds. The highest BCUT2D eigenvalue weighted by molar-refractivity contribution is 6.77. The number of hydrogen-bond donors (Lipinski definition) is 1. The molecule has 0 spiro atoms. The zero-order valence-electron chi connectivity index (χ0n) is 7.44. The standard InChI is InChI=1S/C8H18OSi/c1-8(2)5-6-10(3,4)7-9/h5,9H,6-7H2,1-4H3. The minimum absolute atomic E-state index is 0.400. The van der Waals surface area contributed by atoms with Gasteiger partial charge in [0.05, 0.1) is 8.07 Å². The van der Waals surface area contributed by atoms with Crippen molar-refractivity contribution < 1.29 is 5.11 Å². The van der Waals surface area contributed by atoms with E-state index in [4.69, 9.17) is 5.11 Å². The van der Waals surface area contributed by atoms with Gasteiger partial charge in [0.1, 0.15) is 0 Å². The summed E-state index contributed by atoms with van der Waals surface area (Å²) in [6, 6.07) is 1.10. The number of aliphatic hydroxyl groups is 1. The van der Waals surface area contributed by atoms with Crippen molar-refractivity contribution in [2.24, 2.45) is 0 Å². The van der Waals surface area contributed by atoms with Gasteiger partial charge in [-0.15, -0.1) is 0 Å². The van der Waals surface area contributed by atoms with Crippen LogP contribution in [-0.4, -0.2) is 19.4 Å². The molecule has 1 nitrogen and oxygen atoms in total. The zero-order valence-corrected chi connectivity index (χ0v) is 8.44. The molecular weight excluding hydrogens is 140 g/mol. The molecule has 0 radical (unpaired) electrons. The third kappa shape index (κ3) is 4.76. The van der Waals surface area contributed by atoms with Crippen LogP contribution in [-0.2, 0) is 0 Å². The van der Waals surface area contributed by atoms with Crippen molar-refractivity contribution >= 4 is 8.07 Å². The fourth-order valence-electron chi connectivity index (χ4n) is 0.545. The lowest BCUT2D eigenvalue weighted by molar-refractivity contribution is 0.358. The van der Waals surface area contributed by atoms with Crippen molar-refractivity contribution in [1.82, 2.24) is 0 Å². The van der Waals surface area contributed by atoms with Crippen molar-refractivity contribution in [2.45, 2.75) is 33.0 Å². The van der Waals surface area contributed by atoms with Gasteiger partial charge >= 0.3 is 0 Å². The van der Waals surface area contributed by atoms with Gasteiger partial charge in [-0.3, -0.25) is 0 Å². The van der Waals surface area contributed by atoms with Crippen LogP contribution < -0.4 is 0 Å². The second kappa shape index (κ2) is 3.94. The zero-order chi connectivity index (χ0) is 8.20. The molecule has 1 N–H and O–H groups in total. The van der Waals surface area contributed by atoms with E-state index in [0.29, 0.717) is 6.23 Å². The summed E-state index contributed by atoms with van der Waals surface area (Å²) in [6.07, 6.45) is 2.62. The third-order valence-corrected chi connectivity index (χ3v) is 3.66. The van der Waals surface area contributed by atoms with E-state index in [2.05, 4.69) is 33.0 Å². The first-order valence-electron chi connectivity index (χ1n) is 3.72. The molecule has 0 atom stereocenters. The Morgan fingerprint density at radius 3 is 2.20 bits per heavy atom. The predicted molar refractivity (Wildman–Crippen MR) is 48.8 cm³/mol. The Bertz CT molecular complexity index is 123. The number of rotatable bonds is 3. The maximum absolute atomic E-state index is 8.94. The van der Waals surface area contributed by atoms with Crippen molar-refractivity contribution in [3.63, 3.8) is 0 Å². The molecule has 0 aliphatic heterocycles. The average molecular weight is 158 g/mol. The fourth-order valence-corrected chi connectivity index (χ4v) is 1.63. The number of hydrogen-bond acceptors (Lipinski definition) is 1. The predicted octanol–water partition coefficient (Wildman–Crippen LogP) is 2.19. The number of aliphatic hydroxyl groups excluding tert-OH is 1. The lowest BCUT2D eigenvalue weighted by atomic mass is 10.3. The van der Waals surface area contributed by atoms with Crippen LogP contribution in [0.3, 0.4) is 0 Å². The molecule has 0 aromatic heterocycles. The van der Waals surface area contributed by atoms with E-state index >= 15 is 0 Å². The highest BCUT2D eigenvalue weighted by atomic mass is 28.3. The van der Waals surface area contributed by atoms with Gasteiger partial charge in [-0.05, 0) is 19.9 Å². The molecule has 0 heterocycles. The maximum atomic E-state index is 8.94. The van der Waals surface area contributed by atoms with Gasteiger partial charge in [0.15, 0.2) is 0 Å². The van der Waals surface area contributed by atoms with Gasteiger partial charge < -0.3 is 5.11 Å². The van der Waals surface area contributed by atoms with E-state index in [1.165, 1.54) is 5.57 Å². The summed E-state index contributed by atoms with van der Waals surface area (Å²) in [5.74, 6) is 0. The van der Waals surface area contributed by atoms with Gasteiger partial charge in [0, 0.05) is 6.23 Å². The first-order valence-corrected chi connectivity index (χ1v) is 7.13. The summed E-state index contributed by atoms with van der Waals surface area (Å²) in [7, 11) is -1.26. The van der Waals surface area contributed by atoms with E-state index in [-0.39, 0.29) is 0 Å². The molecule has 0 aliphatic rings. The second-order valence-corrected chi connectivity index (χ2v) is 8.86. The smallest absolute Gasteiger partial charge is 0.0809 e. The summed E-state index contributed by atoms with van der Waals surface area (Å²) < 4.78 is 0. The van der Waals surface area contributed by atoms with Gasteiger partial charge in [-0.25, -0.2) is 0 Å². The van der Waals surface area contributed by atoms with Crippen LogP contribution >= 0.6 is 0 Å². The first kappa shape index (κ1) is 9.92. The molecule has 0 unspecified atom stereocenters. The first-order chi connectivity index (χ1) is 4.48. The highest BCUT2D eigenvalue weighted by Gasteiger charge is 2.16. The molecule has 0 bridgehead atoms. The Balaban J connectivity index is 3.78. The Morgan fingerprint density at radius 2 is 1.90 bits per heavy atom. The van der Waals surface area contributed by atoms with Crippen molar-refractivity contribution in [3.05, 3.63) is 11.6 Å². The van der Waals surface area contributed by atoms with Crippen molar-refractivity contribution in [2.75, 3.05) is 6.23 Å². The SMILES string of the molecule is CC(C)=CC[Si](C)(C)CO. The van der Waals surface area contributed by atoms with Gasteiger partial charge in [0.2, 0.25) is 0 Å². The van der Waals surface area contributed by atoms with Gasteiger partial charge in [0.25, 0.3) is 0 Å². The molecule has 10 heavy (non-hydrogen) atoms. The summed E-state index contributed by atoms with van der Waals surface area (Å²) in [6.45, 7) is 8.60. The summed E-state index contributed by atoms with van der Waals surface area (Å²) >= 11 is 0. The van der Waals surface area contributed by atoms with Crippen molar-refractivity contribution in [3.8, 4) is 0 Å². The van der Waals surface area contributed by atoms with E-state index in [0.717, 1.165) is 6.04 Å². The molecular formula is C8H18OSi. The lowest BCUT2D eigenvalue weighted by Crippen LogP contribution is -2.29. The van der Waals surface area contributed by atoms with Crippen LogP contribution in [0.25, 0.3) is 0 Å². The molecule has 2 heteroatoms. The average Bonchev–Trinajstić information content (AvgIpc) is 1.85. The Kier molecular flexibility index (Phi) is 3.90. The third-order valence-electron chi connectivity index (χ3n) is 1.49. The minimum atomic E-state index is -1.26. The Morgan fingerprint density at radius 1 is 1.40 bits per heavy atom. The van der Waals surface area contributed by atoms with Crippen LogP contribution in [0.2, 0.25) is 19.1 Å². The molecule has 0 aromatic rings. The summed E-state index contributed by atoms with van der Waals surface area (Å²) in [5.41, 5.74) is 1.36. The van der Waals surface area contributed by atoms with E-state index in [1.54, 1.807) is 0 Å². The maximum Gasteiger partial charge on any atom is 0.0809 e. The van der Waals surface area contributed by atoms with Crippen LogP contribution in [0.4, 0.5) is 0 Å². The quantitative estimate of drug-likeness (QED) is 0.493. The van der Waals surface area contributed by atoms with Crippen LogP contribution in [0, 0.1) is 0 Å². The highest BCUT2D eigenvalue weighted by Crippen LogP contribution is 2.09. The Labute approximate surface area is 64.8 Å². The van der Waals surface area contributed by atoms with E-state index < -0.39 is 8.07 Å². The van der Waals surface area contributed by atoms with E-state index in [9.17, 15) is 0 Å². The molecule has 0 rings (SSSR count). The fraction of sp³-hybridized carbons (Fsp3) is 0.750. The second-order valence-electron chi connectivity index (χ2n) is 3.81. The van der Waals surface area contributed by atoms with Crippen LogP contribution in [0.5, 0.6) is 0 Å². The largest absolute Gasteiger partial charge is 0.400 e. The Hall–Kier alpha value is -0.0831. The van der Waals surface area contributed by atoms with Crippen LogP contribution in [0.1, 0.15) is 13.8 Å². The van der Waals surface area contributed by atoms with Crippen LogP contribution in [0.15, 0.2) is 11.6 Å². The van der Waals surface area contributed by atoms with Gasteiger partial charge in [-0.1, -0.05) is 24.7 Å². The van der Waals surface area contributed by atoms with Gasteiger partial charge in [-0.2, -0.15) is 0 Å². The topological polar surface area (TPSA) is 20.2 Å². The monoisotopic (exact) mass is 158 g/mol. The molecule has 0 aliphatic carbocycles. The normalized spacial score (nSPS) is 11.3. The molecule has 0 fully saturated rings. The summed E-state index contributed by atoms with van der Waals surface area (Å²) in [5, 5.41) is 8.94. The minimum Gasteiger partial charge on any atom is -0.400 e.